The van der Waals surface area contributed by atoms with Crippen LogP contribution < -0.4 is 5.32 Å². The predicted molar refractivity (Wildman–Crippen MR) is 99.6 cm³/mol. The summed E-state index contributed by atoms with van der Waals surface area (Å²) < 4.78 is 0. The quantitative estimate of drug-likeness (QED) is 0.665. The van der Waals surface area contributed by atoms with E-state index < -0.39 is 12.0 Å². The second-order valence-corrected chi connectivity index (χ2v) is 6.84. The van der Waals surface area contributed by atoms with Gasteiger partial charge in [0.25, 0.3) is 0 Å². The summed E-state index contributed by atoms with van der Waals surface area (Å²) in [7, 11) is 0. The summed E-state index contributed by atoms with van der Waals surface area (Å²) in [5, 5.41) is 12.0. The van der Waals surface area contributed by atoms with E-state index in [1.54, 1.807) is 0 Å². The first-order chi connectivity index (χ1) is 12.5. The molecular weight excluding hydrogens is 330 g/mol. The van der Waals surface area contributed by atoms with Gasteiger partial charge in [-0.25, -0.2) is 4.79 Å². The average molecular weight is 357 g/mol. The molecule has 26 heavy (non-hydrogen) atoms. The molecule has 5 heteroatoms. The minimum atomic E-state index is -1.05. The van der Waals surface area contributed by atoms with E-state index in [2.05, 4.69) is 5.32 Å². The molecule has 1 aliphatic rings. The van der Waals surface area contributed by atoms with Crippen LogP contribution in [0.5, 0.6) is 0 Å². The van der Waals surface area contributed by atoms with E-state index in [1.807, 2.05) is 49.4 Å². The first kappa shape index (κ1) is 19.9. The third-order valence-electron chi connectivity index (χ3n) is 4.90. The molecular formula is C21H27NO4. The Bertz CT molecular complexity index is 653. The summed E-state index contributed by atoms with van der Waals surface area (Å²) in [5.41, 5.74) is 0.860. The third-order valence-corrected chi connectivity index (χ3v) is 4.90. The number of aliphatic carboxylic acids is 1. The number of carbonyl (C=O) groups excluding carboxylic acids is 2. The number of rotatable bonds is 9. The largest absolute Gasteiger partial charge is 0.480 e. The molecule has 2 rings (SSSR count). The number of carboxylic acid groups (broad SMARTS) is 1. The van der Waals surface area contributed by atoms with Crippen LogP contribution in [0.15, 0.2) is 42.5 Å². The topological polar surface area (TPSA) is 83.5 Å². The lowest BCUT2D eigenvalue weighted by atomic mass is 9.89. The van der Waals surface area contributed by atoms with Crippen LogP contribution in [0.3, 0.4) is 0 Å². The van der Waals surface area contributed by atoms with Gasteiger partial charge in [0.2, 0.25) is 5.91 Å². The maximum Gasteiger partial charge on any atom is 0.326 e. The Hall–Kier alpha value is -2.43. The molecule has 1 fully saturated rings. The van der Waals surface area contributed by atoms with E-state index in [0.717, 1.165) is 12.0 Å². The second kappa shape index (κ2) is 9.90. The molecule has 0 saturated heterocycles. The lowest BCUT2D eigenvalue weighted by Gasteiger charge is -2.19. The highest BCUT2D eigenvalue weighted by molar-refractivity contribution is 5.87. The summed E-state index contributed by atoms with van der Waals surface area (Å²) in [6, 6.07) is 8.27. The van der Waals surface area contributed by atoms with Gasteiger partial charge in [-0.3, -0.25) is 9.59 Å². The van der Waals surface area contributed by atoms with Crippen LogP contribution in [0.4, 0.5) is 0 Å². The van der Waals surface area contributed by atoms with Gasteiger partial charge >= 0.3 is 5.97 Å². The van der Waals surface area contributed by atoms with Crippen LogP contribution in [0.2, 0.25) is 0 Å². The Morgan fingerprint density at radius 2 is 2.00 bits per heavy atom. The van der Waals surface area contributed by atoms with Crippen LogP contribution in [0, 0.1) is 11.8 Å². The van der Waals surface area contributed by atoms with Crippen molar-refractivity contribution in [2.75, 3.05) is 0 Å². The van der Waals surface area contributed by atoms with Gasteiger partial charge in [0.15, 0.2) is 0 Å². The molecule has 0 aromatic heterocycles. The van der Waals surface area contributed by atoms with Crippen molar-refractivity contribution in [2.24, 2.45) is 11.8 Å². The van der Waals surface area contributed by atoms with Gasteiger partial charge < -0.3 is 10.4 Å². The van der Waals surface area contributed by atoms with Crippen molar-refractivity contribution >= 4 is 17.7 Å². The summed E-state index contributed by atoms with van der Waals surface area (Å²) >= 11 is 0. The Kier molecular flexibility index (Phi) is 7.57. The van der Waals surface area contributed by atoms with Crippen LogP contribution in [0.25, 0.3) is 0 Å². The lowest BCUT2D eigenvalue weighted by Crippen LogP contribution is -2.43. The zero-order valence-corrected chi connectivity index (χ0v) is 15.2. The number of allylic oxidation sites excluding steroid dienone is 2. The summed E-state index contributed by atoms with van der Waals surface area (Å²) in [6.45, 7) is 2.04. The van der Waals surface area contributed by atoms with Crippen molar-refractivity contribution in [3.63, 3.8) is 0 Å². The smallest absolute Gasteiger partial charge is 0.326 e. The molecule has 0 spiro atoms. The van der Waals surface area contributed by atoms with E-state index in [1.165, 1.54) is 0 Å². The SMILES string of the molecule is CC/C=C\C[C@@H]1C(=O)CC[C@@H]1CC(=O)N[C@@H](Cc1ccccc1)C(=O)O. The average Bonchev–Trinajstić information content (AvgIpc) is 2.95. The fourth-order valence-electron chi connectivity index (χ4n) is 3.50. The summed E-state index contributed by atoms with van der Waals surface area (Å²) in [4.78, 5) is 35.9. The zero-order chi connectivity index (χ0) is 18.9. The standard InChI is InChI=1S/C21H27NO4/c1-2-3-5-10-17-16(11-12-19(17)23)14-20(24)22-18(21(25)26)13-15-8-6-4-7-9-15/h3-9,16-18H,2,10-14H2,1H3,(H,22,24)(H,25,26)/b5-3-/t16-,17+,18+/m1/s1. The highest BCUT2D eigenvalue weighted by Gasteiger charge is 2.35. The molecule has 1 aromatic carbocycles. The fourth-order valence-corrected chi connectivity index (χ4v) is 3.50. The Morgan fingerprint density at radius 1 is 1.27 bits per heavy atom. The number of hydrogen-bond acceptors (Lipinski definition) is 3. The van der Waals surface area contributed by atoms with Gasteiger partial charge in [-0.2, -0.15) is 0 Å². The van der Waals surface area contributed by atoms with Gasteiger partial charge in [0.05, 0.1) is 0 Å². The highest BCUT2D eigenvalue weighted by Crippen LogP contribution is 2.34. The lowest BCUT2D eigenvalue weighted by molar-refractivity contribution is -0.142. The number of benzene rings is 1. The van der Waals surface area contributed by atoms with Gasteiger partial charge in [-0.15, -0.1) is 0 Å². The van der Waals surface area contributed by atoms with Crippen LogP contribution >= 0.6 is 0 Å². The van der Waals surface area contributed by atoms with Crippen molar-refractivity contribution in [3.8, 4) is 0 Å². The molecule has 140 valence electrons. The minimum absolute atomic E-state index is 0.00447. The monoisotopic (exact) mass is 357 g/mol. The minimum Gasteiger partial charge on any atom is -0.480 e. The Morgan fingerprint density at radius 3 is 2.65 bits per heavy atom. The molecule has 1 aliphatic carbocycles. The molecule has 1 amide bonds. The molecule has 3 atom stereocenters. The number of carbonyl (C=O) groups is 3. The summed E-state index contributed by atoms with van der Waals surface area (Å²) in [6.07, 6.45) is 7.28. The van der Waals surface area contributed by atoms with E-state index in [4.69, 9.17) is 0 Å². The molecule has 0 bridgehead atoms. The van der Waals surface area contributed by atoms with E-state index >= 15 is 0 Å². The van der Waals surface area contributed by atoms with E-state index in [-0.39, 0.29) is 36.4 Å². The third kappa shape index (κ3) is 5.83. The molecule has 5 nitrogen and oxygen atoms in total. The van der Waals surface area contributed by atoms with E-state index in [0.29, 0.717) is 19.3 Å². The van der Waals surface area contributed by atoms with Crippen molar-refractivity contribution in [3.05, 3.63) is 48.0 Å². The molecule has 0 unspecified atom stereocenters. The van der Waals surface area contributed by atoms with Crippen molar-refractivity contribution in [1.82, 2.24) is 5.32 Å². The molecule has 1 aromatic rings. The number of ketones is 1. The number of Topliss-reactive ketones (excluding diaryl/α,β-unsaturated/α-hetero) is 1. The molecule has 2 N–H and O–H groups in total. The van der Waals surface area contributed by atoms with Gasteiger partial charge in [-0.05, 0) is 30.7 Å². The van der Waals surface area contributed by atoms with Gasteiger partial charge in [-0.1, -0.05) is 49.4 Å². The predicted octanol–water partition coefficient (Wildman–Crippen LogP) is 3.14. The van der Waals surface area contributed by atoms with Crippen molar-refractivity contribution in [2.45, 2.75) is 51.5 Å². The number of amides is 1. The first-order valence-electron chi connectivity index (χ1n) is 9.25. The van der Waals surface area contributed by atoms with Crippen LogP contribution in [-0.4, -0.2) is 28.8 Å². The second-order valence-electron chi connectivity index (χ2n) is 6.84. The number of carboxylic acids is 1. The normalized spacial score (nSPS) is 21.0. The highest BCUT2D eigenvalue weighted by atomic mass is 16.4. The van der Waals surface area contributed by atoms with Crippen LogP contribution in [-0.2, 0) is 20.8 Å². The van der Waals surface area contributed by atoms with Gasteiger partial charge in [0.1, 0.15) is 11.8 Å². The number of nitrogens with one attached hydrogen (secondary N) is 1. The molecule has 0 radical (unpaired) electrons. The number of hydrogen-bond donors (Lipinski definition) is 2. The fraction of sp³-hybridized carbons (Fsp3) is 0.476. The Balaban J connectivity index is 1.93. The maximum atomic E-state index is 12.4. The van der Waals surface area contributed by atoms with E-state index in [9.17, 15) is 19.5 Å². The molecule has 1 saturated carbocycles. The van der Waals surface area contributed by atoms with Crippen LogP contribution in [0.1, 0.15) is 44.6 Å². The van der Waals surface area contributed by atoms with Gasteiger partial charge in [0, 0.05) is 25.2 Å². The maximum absolute atomic E-state index is 12.4. The van der Waals surface area contributed by atoms with Crippen molar-refractivity contribution in [1.29, 1.82) is 0 Å². The molecule has 0 aliphatic heterocycles. The summed E-state index contributed by atoms with van der Waals surface area (Å²) in [5.74, 6) is -1.26. The zero-order valence-electron chi connectivity index (χ0n) is 15.2. The Labute approximate surface area is 154 Å². The first-order valence-corrected chi connectivity index (χ1v) is 9.25. The molecule has 0 heterocycles. The van der Waals surface area contributed by atoms with Crippen molar-refractivity contribution < 1.29 is 19.5 Å².